The van der Waals surface area contributed by atoms with Crippen molar-refractivity contribution in [2.75, 3.05) is 39.8 Å². The van der Waals surface area contributed by atoms with Gasteiger partial charge in [0.1, 0.15) is 5.75 Å². The number of likely N-dealkylation sites (tertiary alicyclic amines) is 1. The molecule has 29 heavy (non-hydrogen) atoms. The molecule has 6 nitrogen and oxygen atoms in total. The van der Waals surface area contributed by atoms with Gasteiger partial charge in [-0.3, -0.25) is 9.59 Å². The molecule has 0 saturated carbocycles. The van der Waals surface area contributed by atoms with Crippen LogP contribution in [0.4, 0.5) is 0 Å². The van der Waals surface area contributed by atoms with Crippen LogP contribution in [0.5, 0.6) is 5.75 Å². The van der Waals surface area contributed by atoms with Crippen LogP contribution in [0.25, 0.3) is 0 Å². The molecule has 2 heterocycles. The van der Waals surface area contributed by atoms with Gasteiger partial charge in [0.05, 0.1) is 13.7 Å². The molecule has 2 aliphatic rings. The van der Waals surface area contributed by atoms with Crippen LogP contribution >= 0.6 is 12.4 Å². The number of piperidine rings is 1. The third kappa shape index (κ3) is 6.89. The summed E-state index contributed by atoms with van der Waals surface area (Å²) in [6.07, 6.45) is 6.74. The molecule has 1 atom stereocenters. The second-order valence-corrected chi connectivity index (χ2v) is 7.81. The number of methoxy groups -OCH3 is 1. The lowest BCUT2D eigenvalue weighted by Gasteiger charge is -2.41. The van der Waals surface area contributed by atoms with E-state index in [0.717, 1.165) is 63.9 Å². The Bertz CT molecular complexity index is 653. The predicted octanol–water partition coefficient (Wildman–Crippen LogP) is 2.64. The first kappa shape index (κ1) is 23.5. The zero-order valence-electron chi connectivity index (χ0n) is 17.4. The van der Waals surface area contributed by atoms with Crippen molar-refractivity contribution in [1.29, 1.82) is 0 Å². The summed E-state index contributed by atoms with van der Waals surface area (Å²) in [5.74, 6) is 1.30. The van der Waals surface area contributed by atoms with E-state index in [1.165, 1.54) is 5.56 Å². The normalized spacial score (nSPS) is 19.6. The number of piperazine rings is 1. The monoisotopic (exact) mass is 423 g/mol. The number of hydrogen-bond donors (Lipinski definition) is 1. The number of ether oxygens (including phenoxy) is 1. The number of unbranched alkanes of at least 4 members (excludes halogenated alkanes) is 2. The highest BCUT2D eigenvalue weighted by atomic mass is 35.5. The standard InChI is InChI=1S/C22H33N3O3.ClH/c1-28-20-11-9-18(10-12-20)6-3-2-4-8-21(26)24-14-5-7-19(17-24)25-15-13-23-16-22(25)27;/h9-12,19,23H,2-8,13-17H2,1H3;1H. The molecule has 3 rings (SSSR count). The maximum atomic E-state index is 12.6. The minimum absolute atomic E-state index is 0. The first-order chi connectivity index (χ1) is 13.7. The van der Waals surface area contributed by atoms with Crippen LogP contribution in [0.1, 0.15) is 44.1 Å². The number of amides is 2. The first-order valence-corrected chi connectivity index (χ1v) is 10.6. The van der Waals surface area contributed by atoms with Gasteiger partial charge in [0.25, 0.3) is 0 Å². The number of halogens is 1. The van der Waals surface area contributed by atoms with Gasteiger partial charge in [-0.25, -0.2) is 0 Å². The zero-order chi connectivity index (χ0) is 19.8. The van der Waals surface area contributed by atoms with Crippen LogP contribution in [0.3, 0.4) is 0 Å². The van der Waals surface area contributed by atoms with Crippen LogP contribution in [-0.2, 0) is 16.0 Å². The van der Waals surface area contributed by atoms with E-state index < -0.39 is 0 Å². The molecule has 1 N–H and O–H groups in total. The van der Waals surface area contributed by atoms with E-state index in [1.807, 2.05) is 21.9 Å². The van der Waals surface area contributed by atoms with Crippen molar-refractivity contribution in [1.82, 2.24) is 15.1 Å². The Morgan fingerprint density at radius 2 is 1.97 bits per heavy atom. The highest BCUT2D eigenvalue weighted by Crippen LogP contribution is 2.19. The zero-order valence-corrected chi connectivity index (χ0v) is 18.2. The summed E-state index contributed by atoms with van der Waals surface area (Å²) < 4.78 is 5.18. The summed E-state index contributed by atoms with van der Waals surface area (Å²) in [5, 5.41) is 3.12. The van der Waals surface area contributed by atoms with Gasteiger partial charge in [0.2, 0.25) is 11.8 Å². The summed E-state index contributed by atoms with van der Waals surface area (Å²) in [4.78, 5) is 28.7. The molecule has 2 saturated heterocycles. The Kier molecular flexibility index (Phi) is 9.74. The molecule has 162 valence electrons. The third-order valence-corrected chi connectivity index (χ3v) is 5.83. The lowest BCUT2D eigenvalue weighted by atomic mass is 10.0. The molecule has 0 bridgehead atoms. The van der Waals surface area contributed by atoms with Gasteiger partial charge in [0, 0.05) is 38.6 Å². The van der Waals surface area contributed by atoms with E-state index in [9.17, 15) is 9.59 Å². The van der Waals surface area contributed by atoms with Gasteiger partial charge in [0.15, 0.2) is 0 Å². The SMILES string of the molecule is COc1ccc(CCCCCC(=O)N2CCCC(N3CCNCC3=O)C2)cc1.Cl. The summed E-state index contributed by atoms with van der Waals surface area (Å²) in [6.45, 7) is 3.58. The van der Waals surface area contributed by atoms with Crippen molar-refractivity contribution in [3.05, 3.63) is 29.8 Å². The van der Waals surface area contributed by atoms with Crippen LogP contribution in [-0.4, -0.2) is 67.5 Å². The fourth-order valence-electron chi connectivity index (χ4n) is 4.18. The minimum Gasteiger partial charge on any atom is -0.497 e. The quantitative estimate of drug-likeness (QED) is 0.653. The number of aryl methyl sites for hydroxylation is 1. The Hall–Kier alpha value is -1.79. The Morgan fingerprint density at radius 1 is 1.17 bits per heavy atom. The molecule has 0 radical (unpaired) electrons. The van der Waals surface area contributed by atoms with E-state index in [0.29, 0.717) is 19.5 Å². The lowest BCUT2D eigenvalue weighted by molar-refractivity contribution is -0.140. The topological polar surface area (TPSA) is 61.9 Å². The Morgan fingerprint density at radius 3 is 2.69 bits per heavy atom. The molecule has 7 heteroatoms. The molecular weight excluding hydrogens is 390 g/mol. The lowest BCUT2D eigenvalue weighted by Crippen LogP contribution is -2.57. The van der Waals surface area contributed by atoms with Crippen molar-refractivity contribution in [2.24, 2.45) is 0 Å². The van der Waals surface area contributed by atoms with Gasteiger partial charge in [-0.05, 0) is 49.8 Å². The van der Waals surface area contributed by atoms with E-state index in [-0.39, 0.29) is 30.3 Å². The maximum Gasteiger partial charge on any atom is 0.236 e. The van der Waals surface area contributed by atoms with Crippen molar-refractivity contribution in [3.63, 3.8) is 0 Å². The van der Waals surface area contributed by atoms with Crippen LogP contribution in [0.2, 0.25) is 0 Å². The number of hydrogen-bond acceptors (Lipinski definition) is 4. The van der Waals surface area contributed by atoms with Gasteiger partial charge >= 0.3 is 0 Å². The van der Waals surface area contributed by atoms with Crippen molar-refractivity contribution in [2.45, 2.75) is 51.0 Å². The number of nitrogens with zero attached hydrogens (tertiary/aromatic N) is 2. The summed E-state index contributed by atoms with van der Waals surface area (Å²) in [6, 6.07) is 8.40. The molecular formula is C22H34ClN3O3. The number of carbonyl (C=O) groups excluding carboxylic acids is 2. The second kappa shape index (κ2) is 12.0. The van der Waals surface area contributed by atoms with Gasteiger partial charge in [-0.1, -0.05) is 18.6 Å². The third-order valence-electron chi connectivity index (χ3n) is 5.83. The molecule has 2 fully saturated rings. The van der Waals surface area contributed by atoms with Gasteiger partial charge in [-0.2, -0.15) is 0 Å². The maximum absolute atomic E-state index is 12.6. The van der Waals surface area contributed by atoms with Crippen molar-refractivity contribution in [3.8, 4) is 5.75 Å². The molecule has 0 spiro atoms. The predicted molar refractivity (Wildman–Crippen MR) is 117 cm³/mol. The van der Waals surface area contributed by atoms with E-state index in [2.05, 4.69) is 17.4 Å². The largest absolute Gasteiger partial charge is 0.497 e. The van der Waals surface area contributed by atoms with Crippen LogP contribution in [0.15, 0.2) is 24.3 Å². The number of carbonyl (C=O) groups is 2. The van der Waals surface area contributed by atoms with Gasteiger partial charge < -0.3 is 19.9 Å². The van der Waals surface area contributed by atoms with E-state index in [4.69, 9.17) is 4.74 Å². The summed E-state index contributed by atoms with van der Waals surface area (Å²) >= 11 is 0. The molecule has 0 aromatic heterocycles. The molecule has 0 aliphatic carbocycles. The van der Waals surface area contributed by atoms with Crippen molar-refractivity contribution >= 4 is 24.2 Å². The Balaban J connectivity index is 0.00000300. The molecule has 1 aromatic rings. The molecule has 2 amide bonds. The fourth-order valence-corrected chi connectivity index (χ4v) is 4.18. The smallest absolute Gasteiger partial charge is 0.236 e. The summed E-state index contributed by atoms with van der Waals surface area (Å²) in [5.41, 5.74) is 1.31. The highest BCUT2D eigenvalue weighted by Gasteiger charge is 2.31. The minimum atomic E-state index is 0. The number of nitrogens with one attached hydrogen (secondary N) is 1. The second-order valence-electron chi connectivity index (χ2n) is 7.81. The average molecular weight is 424 g/mol. The number of benzene rings is 1. The summed E-state index contributed by atoms with van der Waals surface area (Å²) in [7, 11) is 1.68. The highest BCUT2D eigenvalue weighted by molar-refractivity contribution is 5.85. The van der Waals surface area contributed by atoms with E-state index in [1.54, 1.807) is 7.11 Å². The Labute approximate surface area is 180 Å². The number of rotatable bonds is 8. The van der Waals surface area contributed by atoms with E-state index >= 15 is 0 Å². The van der Waals surface area contributed by atoms with Gasteiger partial charge in [-0.15, -0.1) is 12.4 Å². The average Bonchev–Trinajstić information content (AvgIpc) is 2.74. The molecule has 2 aliphatic heterocycles. The molecule has 1 unspecified atom stereocenters. The molecule has 1 aromatic carbocycles. The fraction of sp³-hybridized carbons (Fsp3) is 0.636. The van der Waals surface area contributed by atoms with Crippen LogP contribution < -0.4 is 10.1 Å². The first-order valence-electron chi connectivity index (χ1n) is 10.6. The van der Waals surface area contributed by atoms with Crippen molar-refractivity contribution < 1.29 is 14.3 Å². The van der Waals surface area contributed by atoms with Crippen LogP contribution in [0, 0.1) is 0 Å².